The van der Waals surface area contributed by atoms with Gasteiger partial charge in [0.2, 0.25) is 0 Å². The molecule has 1 aliphatic rings. The van der Waals surface area contributed by atoms with Gasteiger partial charge in [-0.15, -0.1) is 0 Å². The number of hydrogen-bond donors (Lipinski definition) is 0. The first-order valence-corrected chi connectivity index (χ1v) is 3.37. The monoisotopic (exact) mass is 124 g/mol. The molecule has 1 fully saturated rings. The fraction of sp³-hybridized carbons (Fsp3) is 0.750. The number of carbonyl (C=O) groups excluding carboxylic acids is 1. The van der Waals surface area contributed by atoms with E-state index in [1.165, 1.54) is 0 Å². The Morgan fingerprint density at radius 2 is 2.22 bits per heavy atom. The summed E-state index contributed by atoms with van der Waals surface area (Å²) in [5.74, 6) is 1.99. The van der Waals surface area contributed by atoms with Crippen LogP contribution in [0.4, 0.5) is 0 Å². The Kier molecular flexibility index (Phi) is 1.46. The highest BCUT2D eigenvalue weighted by Crippen LogP contribution is 2.38. The molecule has 1 saturated carbocycles. The zero-order chi connectivity index (χ0) is 6.91. The lowest BCUT2D eigenvalue weighted by atomic mass is 9.92. The SMILES string of the molecule is CC1(C)CCC(=C=O)C1. The lowest BCUT2D eigenvalue weighted by Gasteiger charge is -2.13. The van der Waals surface area contributed by atoms with Gasteiger partial charge in [-0.05, 0) is 24.7 Å². The molecule has 1 heteroatoms. The van der Waals surface area contributed by atoms with Gasteiger partial charge in [-0.2, -0.15) is 0 Å². The number of allylic oxidation sites excluding steroid dienone is 1. The third-order valence-electron chi connectivity index (χ3n) is 1.94. The van der Waals surface area contributed by atoms with Gasteiger partial charge in [0.25, 0.3) is 0 Å². The molecule has 0 N–H and O–H groups in total. The zero-order valence-electron chi connectivity index (χ0n) is 6.03. The average molecular weight is 124 g/mol. The largest absolute Gasteiger partial charge is 0.234 e. The maximum atomic E-state index is 10.1. The Hall–Kier alpha value is -0.550. The maximum absolute atomic E-state index is 10.1. The molecule has 0 atom stereocenters. The lowest BCUT2D eigenvalue weighted by Crippen LogP contribution is -2.02. The molecule has 0 aliphatic heterocycles. The van der Waals surface area contributed by atoms with Gasteiger partial charge in [0.1, 0.15) is 5.94 Å². The summed E-state index contributed by atoms with van der Waals surface area (Å²) in [4.78, 5) is 10.1. The smallest absolute Gasteiger partial charge is 0.123 e. The van der Waals surface area contributed by atoms with Crippen molar-refractivity contribution >= 4 is 5.94 Å². The van der Waals surface area contributed by atoms with Gasteiger partial charge >= 0.3 is 0 Å². The molecule has 0 aromatic rings. The van der Waals surface area contributed by atoms with Crippen LogP contribution in [0.1, 0.15) is 33.1 Å². The summed E-state index contributed by atoms with van der Waals surface area (Å²) < 4.78 is 0. The summed E-state index contributed by atoms with van der Waals surface area (Å²) in [5.41, 5.74) is 1.34. The second-order valence-corrected chi connectivity index (χ2v) is 3.55. The second kappa shape index (κ2) is 2.00. The Labute approximate surface area is 55.8 Å². The van der Waals surface area contributed by atoms with Crippen LogP contribution in [0, 0.1) is 5.41 Å². The zero-order valence-corrected chi connectivity index (χ0v) is 6.03. The van der Waals surface area contributed by atoms with Gasteiger partial charge in [-0.3, -0.25) is 0 Å². The average Bonchev–Trinajstić information content (AvgIpc) is 2.10. The number of hydrogen-bond acceptors (Lipinski definition) is 1. The normalized spacial score (nSPS) is 24.0. The van der Waals surface area contributed by atoms with Crippen LogP contribution in [0.3, 0.4) is 0 Å². The molecule has 9 heavy (non-hydrogen) atoms. The first-order chi connectivity index (χ1) is 4.14. The van der Waals surface area contributed by atoms with Crippen molar-refractivity contribution in [2.75, 3.05) is 0 Å². The van der Waals surface area contributed by atoms with Crippen molar-refractivity contribution in [3.63, 3.8) is 0 Å². The van der Waals surface area contributed by atoms with E-state index in [1.54, 1.807) is 0 Å². The highest BCUT2D eigenvalue weighted by molar-refractivity contribution is 5.53. The van der Waals surface area contributed by atoms with E-state index in [0.29, 0.717) is 5.41 Å². The molecule has 0 bridgehead atoms. The van der Waals surface area contributed by atoms with Crippen molar-refractivity contribution in [2.24, 2.45) is 5.41 Å². The molecule has 0 spiro atoms. The van der Waals surface area contributed by atoms with E-state index >= 15 is 0 Å². The molecular formula is C8H12O. The summed E-state index contributed by atoms with van der Waals surface area (Å²) in [6, 6.07) is 0. The Morgan fingerprint density at radius 1 is 1.56 bits per heavy atom. The van der Waals surface area contributed by atoms with E-state index in [1.807, 2.05) is 5.94 Å². The van der Waals surface area contributed by atoms with E-state index in [4.69, 9.17) is 0 Å². The molecule has 50 valence electrons. The minimum Gasteiger partial charge on any atom is -0.234 e. The lowest BCUT2D eigenvalue weighted by molar-refractivity contribution is 0.389. The van der Waals surface area contributed by atoms with Crippen molar-refractivity contribution < 1.29 is 4.79 Å². The van der Waals surface area contributed by atoms with Crippen LogP contribution in [0.25, 0.3) is 0 Å². The van der Waals surface area contributed by atoms with Gasteiger partial charge in [-0.1, -0.05) is 13.8 Å². The molecule has 0 radical (unpaired) electrons. The van der Waals surface area contributed by atoms with E-state index in [0.717, 1.165) is 24.8 Å². The topological polar surface area (TPSA) is 17.1 Å². The van der Waals surface area contributed by atoms with Crippen molar-refractivity contribution in [3.8, 4) is 0 Å². The summed E-state index contributed by atoms with van der Waals surface area (Å²) >= 11 is 0. The molecule has 1 aliphatic carbocycles. The first kappa shape index (κ1) is 6.57. The van der Waals surface area contributed by atoms with Crippen LogP contribution in [0.2, 0.25) is 0 Å². The van der Waals surface area contributed by atoms with Gasteiger partial charge in [0.15, 0.2) is 0 Å². The van der Waals surface area contributed by atoms with E-state index in [2.05, 4.69) is 13.8 Å². The quantitative estimate of drug-likeness (QED) is 0.451. The highest BCUT2D eigenvalue weighted by Gasteiger charge is 2.26. The minimum atomic E-state index is 0.368. The minimum absolute atomic E-state index is 0.368. The van der Waals surface area contributed by atoms with Gasteiger partial charge in [-0.25, -0.2) is 4.79 Å². The van der Waals surface area contributed by atoms with Crippen LogP contribution in [-0.4, -0.2) is 5.94 Å². The van der Waals surface area contributed by atoms with Gasteiger partial charge in [0.05, 0.1) is 0 Å². The van der Waals surface area contributed by atoms with Crippen LogP contribution >= 0.6 is 0 Å². The van der Waals surface area contributed by atoms with Gasteiger partial charge < -0.3 is 0 Å². The van der Waals surface area contributed by atoms with E-state index in [-0.39, 0.29) is 0 Å². The summed E-state index contributed by atoms with van der Waals surface area (Å²) in [6.07, 6.45) is 3.07. The third-order valence-corrected chi connectivity index (χ3v) is 1.94. The predicted octanol–water partition coefficient (Wildman–Crippen LogP) is 1.95. The van der Waals surface area contributed by atoms with Crippen molar-refractivity contribution in [1.82, 2.24) is 0 Å². The molecule has 0 unspecified atom stereocenters. The van der Waals surface area contributed by atoms with Crippen molar-refractivity contribution in [1.29, 1.82) is 0 Å². The van der Waals surface area contributed by atoms with Gasteiger partial charge in [0, 0.05) is 5.57 Å². The second-order valence-electron chi connectivity index (χ2n) is 3.55. The van der Waals surface area contributed by atoms with Crippen LogP contribution in [0.15, 0.2) is 5.57 Å². The Morgan fingerprint density at radius 3 is 2.44 bits per heavy atom. The predicted molar refractivity (Wildman–Crippen MR) is 36.8 cm³/mol. The summed E-state index contributed by atoms with van der Waals surface area (Å²) in [5, 5.41) is 0. The standard InChI is InChI=1S/C8H12O/c1-8(2)4-3-7(5-8)6-9/h3-5H2,1-2H3. The fourth-order valence-corrected chi connectivity index (χ4v) is 1.33. The van der Waals surface area contributed by atoms with E-state index < -0.39 is 0 Å². The van der Waals surface area contributed by atoms with Crippen LogP contribution in [-0.2, 0) is 4.79 Å². The highest BCUT2D eigenvalue weighted by atomic mass is 16.1. The third kappa shape index (κ3) is 1.43. The molecule has 1 rings (SSSR count). The molecule has 0 saturated heterocycles. The van der Waals surface area contributed by atoms with Crippen molar-refractivity contribution in [3.05, 3.63) is 5.57 Å². The molecule has 0 amide bonds. The van der Waals surface area contributed by atoms with Crippen LogP contribution in [0.5, 0.6) is 0 Å². The first-order valence-electron chi connectivity index (χ1n) is 3.37. The molecule has 0 aromatic heterocycles. The molecule has 0 heterocycles. The van der Waals surface area contributed by atoms with Crippen LogP contribution < -0.4 is 0 Å². The van der Waals surface area contributed by atoms with Crippen molar-refractivity contribution in [2.45, 2.75) is 33.1 Å². The Balaban J connectivity index is 2.68. The molecule has 1 nitrogen and oxygen atoms in total. The van der Waals surface area contributed by atoms with E-state index in [9.17, 15) is 4.79 Å². The molecule has 0 aromatic carbocycles. The summed E-state index contributed by atoms with van der Waals surface area (Å²) in [6.45, 7) is 4.38. The number of rotatable bonds is 0. The summed E-state index contributed by atoms with van der Waals surface area (Å²) in [7, 11) is 0. The molecular weight excluding hydrogens is 112 g/mol. The Bertz CT molecular complexity index is 161. The maximum Gasteiger partial charge on any atom is 0.123 e. The fourth-order valence-electron chi connectivity index (χ4n) is 1.33.